The van der Waals surface area contributed by atoms with Crippen LogP contribution in [0.5, 0.6) is 0 Å². The number of carbonyl (C=O) groups excluding carboxylic acids is 2. The van der Waals surface area contributed by atoms with Gasteiger partial charge in [-0.25, -0.2) is 0 Å². The zero-order chi connectivity index (χ0) is 22.3. The Bertz CT molecular complexity index is 1240. The summed E-state index contributed by atoms with van der Waals surface area (Å²) >= 11 is 18.1. The summed E-state index contributed by atoms with van der Waals surface area (Å²) in [7, 11) is 0. The minimum absolute atomic E-state index is 0.0641. The molecule has 0 aliphatic carbocycles. The lowest BCUT2D eigenvalue weighted by molar-refractivity contribution is -0.132. The van der Waals surface area contributed by atoms with Crippen molar-refractivity contribution in [3.8, 4) is 0 Å². The van der Waals surface area contributed by atoms with Gasteiger partial charge in [-0.3, -0.25) is 19.5 Å². The van der Waals surface area contributed by atoms with Crippen LogP contribution in [-0.2, 0) is 9.59 Å². The predicted octanol–water partition coefficient (Wildman–Crippen LogP) is 5.98. The van der Waals surface area contributed by atoms with Crippen LogP contribution in [0.15, 0.2) is 66.5 Å². The van der Waals surface area contributed by atoms with Crippen molar-refractivity contribution in [3.63, 3.8) is 0 Å². The molecule has 4 rings (SSSR count). The number of benzene rings is 2. The van der Waals surface area contributed by atoms with E-state index in [9.17, 15) is 14.7 Å². The minimum Gasteiger partial charge on any atom is -0.507 e. The zero-order valence-electron chi connectivity index (χ0n) is 16.1. The summed E-state index contributed by atoms with van der Waals surface area (Å²) in [5.41, 5.74) is 1.99. The fraction of sp³-hybridized carbons (Fsp3) is 0.0870. The molecular formula is C23H15Cl3N2O3. The van der Waals surface area contributed by atoms with Gasteiger partial charge in [-0.1, -0.05) is 40.9 Å². The van der Waals surface area contributed by atoms with Crippen molar-refractivity contribution >= 4 is 57.9 Å². The first kappa shape index (κ1) is 21.4. The molecule has 1 unspecified atom stereocenters. The van der Waals surface area contributed by atoms with Crippen LogP contribution in [0.3, 0.4) is 0 Å². The molecule has 1 aliphatic rings. The summed E-state index contributed by atoms with van der Waals surface area (Å²) in [5, 5.41) is 12.1. The van der Waals surface area contributed by atoms with E-state index in [1.807, 2.05) is 0 Å². The second-order valence-electron chi connectivity index (χ2n) is 7.02. The van der Waals surface area contributed by atoms with Crippen LogP contribution in [0, 0.1) is 6.92 Å². The topological polar surface area (TPSA) is 70.5 Å². The number of amides is 1. The predicted molar refractivity (Wildman–Crippen MR) is 122 cm³/mol. The Hall–Kier alpha value is -2.86. The first-order valence-electron chi connectivity index (χ1n) is 9.22. The maximum atomic E-state index is 13.1. The second-order valence-corrected chi connectivity index (χ2v) is 8.27. The third-order valence-electron chi connectivity index (χ3n) is 5.06. The summed E-state index contributed by atoms with van der Waals surface area (Å²) < 4.78 is 0. The molecular weight excluding hydrogens is 459 g/mol. The zero-order valence-corrected chi connectivity index (χ0v) is 18.4. The Balaban J connectivity index is 1.97. The van der Waals surface area contributed by atoms with E-state index in [4.69, 9.17) is 34.8 Å². The number of halogens is 3. The molecule has 1 fully saturated rings. The monoisotopic (exact) mass is 472 g/mol. The number of aryl methyl sites for hydroxylation is 1. The van der Waals surface area contributed by atoms with Gasteiger partial charge in [-0.15, -0.1) is 0 Å². The SMILES string of the molecule is Cc1cc(Cl)ccc1N1C(=O)C(=O)/C(=C(/O)c2ccc(Cl)c(Cl)c2)C1c1cccnc1. The van der Waals surface area contributed by atoms with Crippen molar-refractivity contribution in [2.75, 3.05) is 4.90 Å². The molecule has 0 bridgehead atoms. The van der Waals surface area contributed by atoms with Gasteiger partial charge in [-0.05, 0) is 60.5 Å². The van der Waals surface area contributed by atoms with E-state index in [0.717, 1.165) is 0 Å². The first-order chi connectivity index (χ1) is 14.8. The van der Waals surface area contributed by atoms with Crippen molar-refractivity contribution in [3.05, 3.63) is 98.3 Å². The standard InChI is InChI=1S/C23H15Cl3N2O3/c1-12-9-15(24)5-7-18(12)28-20(14-3-2-8-27-11-14)19(22(30)23(28)31)21(29)13-4-6-16(25)17(26)10-13/h2-11,20,29H,1H3/b21-19+. The molecule has 0 radical (unpaired) electrons. The highest BCUT2D eigenvalue weighted by Crippen LogP contribution is 2.43. The Morgan fingerprint density at radius 2 is 1.81 bits per heavy atom. The van der Waals surface area contributed by atoms with Crippen LogP contribution >= 0.6 is 34.8 Å². The largest absolute Gasteiger partial charge is 0.507 e. The highest BCUT2D eigenvalue weighted by molar-refractivity contribution is 6.52. The Labute approximate surface area is 193 Å². The Morgan fingerprint density at radius 3 is 2.45 bits per heavy atom. The molecule has 0 saturated carbocycles. The normalized spacial score (nSPS) is 17.9. The summed E-state index contributed by atoms with van der Waals surface area (Å²) in [6.07, 6.45) is 3.14. The highest BCUT2D eigenvalue weighted by Gasteiger charge is 2.47. The number of aromatic nitrogens is 1. The van der Waals surface area contributed by atoms with Gasteiger partial charge in [0.1, 0.15) is 5.76 Å². The summed E-state index contributed by atoms with van der Waals surface area (Å²) in [5.74, 6) is -1.92. The van der Waals surface area contributed by atoms with E-state index < -0.39 is 17.7 Å². The number of anilines is 1. The van der Waals surface area contributed by atoms with E-state index in [-0.39, 0.29) is 21.9 Å². The third-order valence-corrected chi connectivity index (χ3v) is 6.03. The van der Waals surface area contributed by atoms with Crippen LogP contribution in [0.4, 0.5) is 5.69 Å². The molecule has 8 heteroatoms. The van der Waals surface area contributed by atoms with Gasteiger partial charge in [0.15, 0.2) is 0 Å². The van der Waals surface area contributed by atoms with Gasteiger partial charge >= 0.3 is 0 Å². The minimum atomic E-state index is -0.886. The summed E-state index contributed by atoms with van der Waals surface area (Å²) in [4.78, 5) is 31.7. The number of Topliss-reactive ketones (excluding diaryl/α,β-unsaturated/α-hetero) is 1. The molecule has 1 saturated heterocycles. The smallest absolute Gasteiger partial charge is 0.300 e. The van der Waals surface area contributed by atoms with Gasteiger partial charge < -0.3 is 5.11 Å². The van der Waals surface area contributed by atoms with E-state index in [0.29, 0.717) is 26.9 Å². The molecule has 1 N–H and O–H groups in total. The number of aliphatic hydroxyl groups is 1. The van der Waals surface area contributed by atoms with E-state index in [2.05, 4.69) is 4.98 Å². The molecule has 1 atom stereocenters. The third kappa shape index (κ3) is 3.81. The fourth-order valence-corrected chi connectivity index (χ4v) is 4.15. The molecule has 5 nitrogen and oxygen atoms in total. The average molecular weight is 474 g/mol. The number of ketones is 1. The molecule has 1 aliphatic heterocycles. The van der Waals surface area contributed by atoms with Gasteiger partial charge in [0.05, 0.1) is 21.7 Å². The van der Waals surface area contributed by atoms with Crippen molar-refractivity contribution in [2.24, 2.45) is 0 Å². The van der Waals surface area contributed by atoms with Crippen LogP contribution in [0.1, 0.15) is 22.7 Å². The molecule has 2 aromatic carbocycles. The molecule has 1 amide bonds. The summed E-state index contributed by atoms with van der Waals surface area (Å²) in [6.45, 7) is 1.79. The number of rotatable bonds is 3. The van der Waals surface area contributed by atoms with Crippen molar-refractivity contribution in [1.29, 1.82) is 0 Å². The van der Waals surface area contributed by atoms with Gasteiger partial charge in [0, 0.05) is 28.7 Å². The van der Waals surface area contributed by atoms with Crippen molar-refractivity contribution in [2.45, 2.75) is 13.0 Å². The molecule has 156 valence electrons. The Kier molecular flexibility index (Phi) is 5.75. The van der Waals surface area contributed by atoms with Gasteiger partial charge in [-0.2, -0.15) is 0 Å². The molecule has 1 aromatic heterocycles. The fourth-order valence-electron chi connectivity index (χ4n) is 3.62. The van der Waals surface area contributed by atoms with Crippen LogP contribution < -0.4 is 4.90 Å². The van der Waals surface area contributed by atoms with Crippen molar-refractivity contribution in [1.82, 2.24) is 4.98 Å². The number of pyridine rings is 1. The maximum absolute atomic E-state index is 13.1. The number of hydrogen-bond donors (Lipinski definition) is 1. The van der Waals surface area contributed by atoms with E-state index >= 15 is 0 Å². The highest BCUT2D eigenvalue weighted by atomic mass is 35.5. The number of aliphatic hydroxyl groups excluding tert-OH is 1. The first-order valence-corrected chi connectivity index (χ1v) is 10.4. The molecule has 31 heavy (non-hydrogen) atoms. The number of nitrogens with zero attached hydrogens (tertiary/aromatic N) is 2. The molecule has 3 aromatic rings. The average Bonchev–Trinajstić information content (AvgIpc) is 3.01. The quantitative estimate of drug-likeness (QED) is 0.289. The summed E-state index contributed by atoms with van der Waals surface area (Å²) in [6, 6.07) is 12.1. The maximum Gasteiger partial charge on any atom is 0.300 e. The lowest BCUT2D eigenvalue weighted by atomic mass is 9.96. The van der Waals surface area contributed by atoms with Gasteiger partial charge in [0.25, 0.3) is 11.7 Å². The number of hydrogen-bond acceptors (Lipinski definition) is 4. The second kappa shape index (κ2) is 8.35. The van der Waals surface area contributed by atoms with Gasteiger partial charge in [0.2, 0.25) is 0 Å². The number of carbonyl (C=O) groups is 2. The van der Waals surface area contributed by atoms with Crippen LogP contribution in [-0.4, -0.2) is 21.8 Å². The van der Waals surface area contributed by atoms with Crippen LogP contribution in [0.2, 0.25) is 15.1 Å². The van der Waals surface area contributed by atoms with Crippen molar-refractivity contribution < 1.29 is 14.7 Å². The van der Waals surface area contributed by atoms with Crippen LogP contribution in [0.25, 0.3) is 5.76 Å². The van der Waals surface area contributed by atoms with E-state index in [1.54, 1.807) is 49.6 Å². The van der Waals surface area contributed by atoms with E-state index in [1.165, 1.54) is 23.1 Å². The molecule has 0 spiro atoms. The lowest BCUT2D eigenvalue weighted by Crippen LogP contribution is -2.30. The molecule has 2 heterocycles. The Morgan fingerprint density at radius 1 is 1.03 bits per heavy atom. The lowest BCUT2D eigenvalue weighted by Gasteiger charge is -2.26.